The molecule has 0 bridgehead atoms. The van der Waals surface area contributed by atoms with Gasteiger partial charge in [0.05, 0.1) is 30.9 Å². The number of hydrogen-bond donors (Lipinski definition) is 2. The Hall–Kier alpha value is -1.29. The summed E-state index contributed by atoms with van der Waals surface area (Å²) in [5.41, 5.74) is 2.12. The van der Waals surface area contributed by atoms with Crippen molar-refractivity contribution in [2.24, 2.45) is 0 Å². The molecule has 2 N–H and O–H groups in total. The van der Waals surface area contributed by atoms with Crippen LogP contribution in [-0.4, -0.2) is 33.1 Å². The summed E-state index contributed by atoms with van der Waals surface area (Å²) >= 11 is 0. The molecular weight excluding hydrogens is 154 g/mol. The summed E-state index contributed by atoms with van der Waals surface area (Å²) in [7, 11) is 0. The van der Waals surface area contributed by atoms with E-state index in [1.165, 1.54) is 0 Å². The molecule has 0 aromatic carbocycles. The van der Waals surface area contributed by atoms with Crippen LogP contribution < -0.4 is 0 Å². The van der Waals surface area contributed by atoms with E-state index in [9.17, 15) is 0 Å². The van der Waals surface area contributed by atoms with E-state index in [0.717, 1.165) is 17.9 Å². The zero-order valence-electron chi connectivity index (χ0n) is 6.70. The summed E-state index contributed by atoms with van der Waals surface area (Å²) in [6.07, 6.45) is 5.60. The van der Waals surface area contributed by atoms with Gasteiger partial charge in [0.25, 0.3) is 0 Å². The average molecular weight is 165 g/mol. The average Bonchev–Trinajstić information content (AvgIpc) is 2.51. The van der Waals surface area contributed by atoms with Crippen LogP contribution in [0.5, 0.6) is 0 Å². The van der Waals surface area contributed by atoms with Crippen molar-refractivity contribution < 1.29 is 5.11 Å². The van der Waals surface area contributed by atoms with Crippen molar-refractivity contribution in [3.63, 3.8) is 0 Å². The van der Waals surface area contributed by atoms with Crippen LogP contribution >= 0.6 is 0 Å². The smallest absolute Gasteiger partial charge is 0.0929 e. The minimum absolute atomic E-state index is 0.188. The molecule has 1 aliphatic heterocycles. The van der Waals surface area contributed by atoms with E-state index in [4.69, 9.17) is 5.11 Å². The third-order valence-corrected chi connectivity index (χ3v) is 1.94. The molecule has 2 rings (SSSR count). The second-order valence-electron chi connectivity index (χ2n) is 2.78. The third-order valence-electron chi connectivity index (χ3n) is 1.94. The van der Waals surface area contributed by atoms with Gasteiger partial charge in [-0.05, 0) is 6.08 Å². The summed E-state index contributed by atoms with van der Waals surface area (Å²) < 4.78 is 0. The van der Waals surface area contributed by atoms with Gasteiger partial charge in [-0.2, -0.15) is 0 Å². The van der Waals surface area contributed by atoms with Crippen molar-refractivity contribution in [3.05, 3.63) is 23.9 Å². The first kappa shape index (κ1) is 7.36. The molecule has 0 amide bonds. The topological polar surface area (TPSA) is 52.1 Å². The van der Waals surface area contributed by atoms with Crippen LogP contribution in [0, 0.1) is 0 Å². The van der Waals surface area contributed by atoms with Crippen molar-refractivity contribution in [1.29, 1.82) is 0 Å². The molecule has 1 aromatic heterocycles. The van der Waals surface area contributed by atoms with E-state index >= 15 is 0 Å². The molecule has 64 valence electrons. The number of fused-ring (bicyclic) bond motifs is 1. The normalized spacial score (nSPS) is 14.9. The largest absolute Gasteiger partial charge is 0.395 e. The molecule has 0 spiro atoms. The first-order valence-electron chi connectivity index (χ1n) is 3.95. The number of nitrogens with zero attached hydrogens (tertiary/aromatic N) is 2. The highest BCUT2D eigenvalue weighted by molar-refractivity contribution is 5.49. The molecule has 0 unspecified atom stereocenters. The summed E-state index contributed by atoms with van der Waals surface area (Å²) in [4.78, 5) is 9.22. The van der Waals surface area contributed by atoms with Crippen molar-refractivity contribution in [2.45, 2.75) is 6.54 Å². The van der Waals surface area contributed by atoms with E-state index < -0.39 is 0 Å². The van der Waals surface area contributed by atoms with Crippen LogP contribution in [-0.2, 0) is 6.54 Å². The van der Waals surface area contributed by atoms with Gasteiger partial charge in [-0.25, -0.2) is 4.98 Å². The molecule has 4 nitrogen and oxygen atoms in total. The molecule has 2 heterocycles. The van der Waals surface area contributed by atoms with Crippen molar-refractivity contribution in [3.8, 4) is 0 Å². The first-order chi connectivity index (χ1) is 5.90. The third kappa shape index (κ3) is 1.21. The second kappa shape index (κ2) is 2.98. The second-order valence-corrected chi connectivity index (χ2v) is 2.78. The first-order valence-corrected chi connectivity index (χ1v) is 3.95. The molecule has 1 aliphatic rings. The van der Waals surface area contributed by atoms with Gasteiger partial charge in [-0.15, -0.1) is 0 Å². The van der Waals surface area contributed by atoms with E-state index in [1.807, 2.05) is 17.2 Å². The molecule has 0 atom stereocenters. The molecule has 0 saturated carbocycles. The Labute approximate surface area is 70.5 Å². The van der Waals surface area contributed by atoms with Crippen molar-refractivity contribution in [2.75, 3.05) is 13.2 Å². The van der Waals surface area contributed by atoms with Crippen LogP contribution in [0.4, 0.5) is 0 Å². The Morgan fingerprint density at radius 1 is 1.67 bits per heavy atom. The highest BCUT2D eigenvalue weighted by Crippen LogP contribution is 2.14. The quantitative estimate of drug-likeness (QED) is 0.657. The Balaban J connectivity index is 2.13. The van der Waals surface area contributed by atoms with Gasteiger partial charge in [0.15, 0.2) is 0 Å². The number of aromatic amines is 1. The van der Waals surface area contributed by atoms with Gasteiger partial charge in [-0.1, -0.05) is 0 Å². The molecule has 0 radical (unpaired) electrons. The van der Waals surface area contributed by atoms with Gasteiger partial charge in [-0.3, -0.25) is 0 Å². The lowest BCUT2D eigenvalue weighted by molar-refractivity contribution is 0.231. The molecule has 0 saturated heterocycles. The van der Waals surface area contributed by atoms with Gasteiger partial charge in [0.2, 0.25) is 0 Å². The number of aliphatic hydroxyl groups is 1. The minimum atomic E-state index is 0.188. The van der Waals surface area contributed by atoms with Gasteiger partial charge < -0.3 is 15.0 Å². The summed E-state index contributed by atoms with van der Waals surface area (Å²) in [5.74, 6) is 0. The summed E-state index contributed by atoms with van der Waals surface area (Å²) in [6, 6.07) is 0. The van der Waals surface area contributed by atoms with E-state index in [-0.39, 0.29) is 6.61 Å². The van der Waals surface area contributed by atoms with Crippen LogP contribution in [0.15, 0.2) is 12.5 Å². The zero-order valence-corrected chi connectivity index (χ0v) is 6.70. The number of aromatic nitrogens is 2. The fourth-order valence-electron chi connectivity index (χ4n) is 1.32. The SMILES string of the molecule is OCCN1C=Cc2nc[nH]c2C1. The van der Waals surface area contributed by atoms with Crippen molar-refractivity contribution in [1.82, 2.24) is 14.9 Å². The lowest BCUT2D eigenvalue weighted by Gasteiger charge is -2.21. The molecular formula is C8H11N3O. The Kier molecular flexibility index (Phi) is 1.83. The van der Waals surface area contributed by atoms with Crippen LogP contribution in [0.1, 0.15) is 11.4 Å². The standard InChI is InChI=1S/C8H11N3O/c12-4-3-11-2-1-7-8(5-11)10-6-9-7/h1-2,6,12H,3-5H2,(H,9,10). The van der Waals surface area contributed by atoms with Crippen LogP contribution in [0.2, 0.25) is 0 Å². The Bertz CT molecular complexity index is 292. The van der Waals surface area contributed by atoms with Gasteiger partial charge in [0.1, 0.15) is 0 Å². The summed E-state index contributed by atoms with van der Waals surface area (Å²) in [6.45, 7) is 1.68. The number of H-pyrrole nitrogens is 1. The fourth-order valence-corrected chi connectivity index (χ4v) is 1.32. The monoisotopic (exact) mass is 165 g/mol. The minimum Gasteiger partial charge on any atom is -0.395 e. The highest BCUT2D eigenvalue weighted by atomic mass is 16.3. The van der Waals surface area contributed by atoms with Crippen LogP contribution in [0.25, 0.3) is 6.08 Å². The van der Waals surface area contributed by atoms with Gasteiger partial charge in [0, 0.05) is 12.7 Å². The van der Waals surface area contributed by atoms with Crippen LogP contribution in [0.3, 0.4) is 0 Å². The lowest BCUT2D eigenvalue weighted by atomic mass is 10.2. The summed E-state index contributed by atoms with van der Waals surface area (Å²) in [5, 5.41) is 8.72. The molecule has 0 fully saturated rings. The number of imidazole rings is 1. The van der Waals surface area contributed by atoms with E-state index in [1.54, 1.807) is 6.33 Å². The number of hydrogen-bond acceptors (Lipinski definition) is 3. The Morgan fingerprint density at radius 2 is 2.58 bits per heavy atom. The fraction of sp³-hybridized carbons (Fsp3) is 0.375. The molecule has 1 aromatic rings. The maximum Gasteiger partial charge on any atom is 0.0929 e. The molecule has 4 heteroatoms. The van der Waals surface area contributed by atoms with E-state index in [0.29, 0.717) is 6.54 Å². The molecule has 12 heavy (non-hydrogen) atoms. The predicted molar refractivity (Wildman–Crippen MR) is 45.1 cm³/mol. The lowest BCUT2D eigenvalue weighted by Crippen LogP contribution is -2.23. The maximum absolute atomic E-state index is 8.72. The zero-order chi connectivity index (χ0) is 8.39. The molecule has 0 aliphatic carbocycles. The van der Waals surface area contributed by atoms with E-state index in [2.05, 4.69) is 9.97 Å². The number of rotatable bonds is 2. The maximum atomic E-state index is 8.72. The number of nitrogens with one attached hydrogen (secondary N) is 1. The Morgan fingerprint density at radius 3 is 3.42 bits per heavy atom. The van der Waals surface area contributed by atoms with Gasteiger partial charge >= 0.3 is 0 Å². The predicted octanol–water partition coefficient (Wildman–Crippen LogP) is 0.188. The number of aliphatic hydroxyl groups excluding tert-OH is 1. The highest BCUT2D eigenvalue weighted by Gasteiger charge is 2.10. The van der Waals surface area contributed by atoms with Crippen molar-refractivity contribution >= 4 is 6.08 Å². The number of β-amino-alcohol motifs (C(OH)–C–C–N with tert-alkyl or cyclic N) is 1.